The monoisotopic (exact) mass is 199 g/mol. The second-order valence-electron chi connectivity index (χ2n) is 3.10. The number of alkyl halides is 1. The van der Waals surface area contributed by atoms with Gasteiger partial charge in [0.15, 0.2) is 0 Å². The number of nitrogens with two attached hydrogens (primary N) is 1. The van der Waals surface area contributed by atoms with Crippen molar-refractivity contribution in [2.24, 2.45) is 5.73 Å². The number of aromatic nitrogens is 1. The van der Waals surface area contributed by atoms with E-state index in [4.69, 9.17) is 17.3 Å². The number of fused-ring (bicyclic) bond motifs is 1. The molecule has 0 fully saturated rings. The number of hydrogen-bond acceptors (Lipinski definition) is 2. The van der Waals surface area contributed by atoms with Crippen LogP contribution in [0.4, 0.5) is 0 Å². The summed E-state index contributed by atoms with van der Waals surface area (Å²) < 4.78 is 0. The molecule has 0 saturated heterocycles. The minimum absolute atomic E-state index is 0.0518. The minimum atomic E-state index is -0.430. The zero-order valence-electron chi connectivity index (χ0n) is 6.93. The van der Waals surface area contributed by atoms with Gasteiger partial charge in [-0.15, -0.1) is 11.6 Å². The molecule has 0 aromatic carbocycles. The molecule has 1 atom stereocenters. The summed E-state index contributed by atoms with van der Waals surface area (Å²) >= 11 is 5.89. The number of primary amides is 1. The second kappa shape index (κ2) is 3.05. The van der Waals surface area contributed by atoms with Gasteiger partial charge in [-0.25, -0.2) is 0 Å². The summed E-state index contributed by atoms with van der Waals surface area (Å²) in [6, 6.07) is 1.77. The SMILES string of the molecule is NC(=O)c1cc2c([nH]1)CN[C@@H](Cl)C2. The third kappa shape index (κ3) is 1.55. The summed E-state index contributed by atoms with van der Waals surface area (Å²) in [5, 5.41) is 3.07. The highest BCUT2D eigenvalue weighted by Crippen LogP contribution is 2.18. The van der Waals surface area contributed by atoms with E-state index in [2.05, 4.69) is 10.3 Å². The van der Waals surface area contributed by atoms with Crippen molar-refractivity contribution in [3.8, 4) is 0 Å². The van der Waals surface area contributed by atoms with Crippen molar-refractivity contribution < 1.29 is 4.79 Å². The molecule has 1 aliphatic heterocycles. The van der Waals surface area contributed by atoms with Gasteiger partial charge in [0.1, 0.15) is 5.69 Å². The first-order valence-electron chi connectivity index (χ1n) is 4.05. The highest BCUT2D eigenvalue weighted by Gasteiger charge is 2.19. The van der Waals surface area contributed by atoms with Crippen LogP contribution < -0.4 is 11.1 Å². The van der Waals surface area contributed by atoms with Crippen LogP contribution in [0.2, 0.25) is 0 Å². The highest BCUT2D eigenvalue weighted by molar-refractivity contribution is 6.20. The average Bonchev–Trinajstić information content (AvgIpc) is 2.46. The fraction of sp³-hybridized carbons (Fsp3) is 0.375. The van der Waals surface area contributed by atoms with Crippen LogP contribution in [-0.4, -0.2) is 16.4 Å². The lowest BCUT2D eigenvalue weighted by Crippen LogP contribution is -2.30. The summed E-state index contributed by atoms with van der Waals surface area (Å²) in [6.45, 7) is 0.663. The first-order chi connectivity index (χ1) is 6.16. The first-order valence-corrected chi connectivity index (χ1v) is 4.48. The molecule has 0 aliphatic carbocycles. The molecule has 1 aromatic rings. The summed E-state index contributed by atoms with van der Waals surface area (Å²) in [5.41, 5.74) is 7.62. The van der Waals surface area contributed by atoms with Gasteiger partial charge >= 0.3 is 0 Å². The van der Waals surface area contributed by atoms with Gasteiger partial charge in [-0.3, -0.25) is 10.1 Å². The third-order valence-corrected chi connectivity index (χ3v) is 2.47. The van der Waals surface area contributed by atoms with Gasteiger partial charge in [-0.05, 0) is 11.6 Å². The van der Waals surface area contributed by atoms with E-state index in [1.165, 1.54) is 0 Å². The standard InChI is InChI=1S/C8H10ClN3O/c9-7-2-4-1-5(8(10)13)12-6(4)3-11-7/h1,7,11-12H,2-3H2,(H2,10,13)/t7-/m1/s1. The molecule has 70 valence electrons. The topological polar surface area (TPSA) is 70.9 Å². The Hall–Kier alpha value is -1.00. The smallest absolute Gasteiger partial charge is 0.265 e. The minimum Gasteiger partial charge on any atom is -0.364 e. The largest absolute Gasteiger partial charge is 0.364 e. The fourth-order valence-electron chi connectivity index (χ4n) is 1.49. The normalized spacial score (nSPS) is 21.2. The lowest BCUT2D eigenvalue weighted by atomic mass is 10.1. The number of nitrogens with one attached hydrogen (secondary N) is 2. The maximum Gasteiger partial charge on any atom is 0.265 e. The number of carbonyl (C=O) groups is 1. The maximum atomic E-state index is 10.8. The Balaban J connectivity index is 2.33. The zero-order valence-corrected chi connectivity index (χ0v) is 7.69. The Morgan fingerprint density at radius 3 is 3.15 bits per heavy atom. The number of H-pyrrole nitrogens is 1. The molecule has 0 unspecified atom stereocenters. The van der Waals surface area contributed by atoms with Crippen molar-refractivity contribution in [2.45, 2.75) is 18.5 Å². The van der Waals surface area contributed by atoms with Crippen LogP contribution in [0.15, 0.2) is 6.07 Å². The summed E-state index contributed by atoms with van der Waals surface area (Å²) in [6.07, 6.45) is 0.723. The maximum absolute atomic E-state index is 10.8. The summed E-state index contributed by atoms with van der Waals surface area (Å²) in [7, 11) is 0. The van der Waals surface area contributed by atoms with E-state index in [-0.39, 0.29) is 5.50 Å². The Bertz CT molecular complexity index is 347. The summed E-state index contributed by atoms with van der Waals surface area (Å²) in [5.74, 6) is -0.430. The van der Waals surface area contributed by atoms with E-state index in [0.29, 0.717) is 12.2 Å². The van der Waals surface area contributed by atoms with Crippen molar-refractivity contribution in [3.63, 3.8) is 0 Å². The highest BCUT2D eigenvalue weighted by atomic mass is 35.5. The van der Waals surface area contributed by atoms with Crippen LogP contribution in [0.3, 0.4) is 0 Å². The third-order valence-electron chi connectivity index (χ3n) is 2.16. The first kappa shape index (κ1) is 8.59. The van der Waals surface area contributed by atoms with E-state index in [9.17, 15) is 4.79 Å². The van der Waals surface area contributed by atoms with Gasteiger partial charge in [0, 0.05) is 18.7 Å². The second-order valence-corrected chi connectivity index (χ2v) is 3.63. The van der Waals surface area contributed by atoms with Gasteiger partial charge in [0.25, 0.3) is 5.91 Å². The molecule has 0 radical (unpaired) electrons. The Labute approximate surface area is 80.4 Å². The molecule has 5 heteroatoms. The number of amides is 1. The lowest BCUT2D eigenvalue weighted by Gasteiger charge is -2.17. The molecular formula is C8H10ClN3O. The van der Waals surface area contributed by atoms with Gasteiger partial charge in [0.2, 0.25) is 0 Å². The number of hydrogen-bond donors (Lipinski definition) is 3. The number of rotatable bonds is 1. The van der Waals surface area contributed by atoms with Crippen molar-refractivity contribution in [3.05, 3.63) is 23.0 Å². The molecule has 4 nitrogen and oxygen atoms in total. The fourth-order valence-corrected chi connectivity index (χ4v) is 1.73. The molecular weight excluding hydrogens is 190 g/mol. The van der Waals surface area contributed by atoms with Crippen LogP contribution >= 0.6 is 11.6 Å². The van der Waals surface area contributed by atoms with Crippen LogP contribution in [0.5, 0.6) is 0 Å². The summed E-state index contributed by atoms with van der Waals surface area (Å²) in [4.78, 5) is 13.8. The molecule has 1 aromatic heterocycles. The van der Waals surface area contributed by atoms with Crippen LogP contribution in [-0.2, 0) is 13.0 Å². The molecule has 13 heavy (non-hydrogen) atoms. The average molecular weight is 200 g/mol. The van der Waals surface area contributed by atoms with Crippen LogP contribution in [0.1, 0.15) is 21.7 Å². The van der Waals surface area contributed by atoms with Crippen molar-refractivity contribution >= 4 is 17.5 Å². The quantitative estimate of drug-likeness (QED) is 0.451. The Morgan fingerprint density at radius 2 is 2.46 bits per heavy atom. The zero-order chi connectivity index (χ0) is 9.42. The number of halogens is 1. The Kier molecular flexibility index (Phi) is 2.01. The molecule has 0 spiro atoms. The van der Waals surface area contributed by atoms with E-state index in [0.717, 1.165) is 17.7 Å². The molecule has 0 saturated carbocycles. The van der Waals surface area contributed by atoms with E-state index < -0.39 is 5.91 Å². The van der Waals surface area contributed by atoms with Crippen LogP contribution in [0, 0.1) is 0 Å². The lowest BCUT2D eigenvalue weighted by molar-refractivity contribution is 0.0996. The predicted octanol–water partition coefficient (Wildman–Crippen LogP) is 0.324. The van der Waals surface area contributed by atoms with Crippen molar-refractivity contribution in [1.82, 2.24) is 10.3 Å². The van der Waals surface area contributed by atoms with Gasteiger partial charge in [-0.2, -0.15) is 0 Å². The van der Waals surface area contributed by atoms with E-state index >= 15 is 0 Å². The number of carbonyl (C=O) groups excluding carboxylic acids is 1. The van der Waals surface area contributed by atoms with E-state index in [1.54, 1.807) is 6.07 Å². The molecule has 1 amide bonds. The predicted molar refractivity (Wildman–Crippen MR) is 49.5 cm³/mol. The van der Waals surface area contributed by atoms with Gasteiger partial charge in [-0.1, -0.05) is 0 Å². The van der Waals surface area contributed by atoms with E-state index in [1.807, 2.05) is 0 Å². The number of aromatic amines is 1. The van der Waals surface area contributed by atoms with Crippen molar-refractivity contribution in [2.75, 3.05) is 0 Å². The van der Waals surface area contributed by atoms with Crippen LogP contribution in [0.25, 0.3) is 0 Å². The van der Waals surface area contributed by atoms with Crippen molar-refractivity contribution in [1.29, 1.82) is 0 Å². The molecule has 2 rings (SSSR count). The molecule has 4 N–H and O–H groups in total. The molecule has 0 bridgehead atoms. The molecule has 2 heterocycles. The molecule has 1 aliphatic rings. The van der Waals surface area contributed by atoms with Gasteiger partial charge in [0.05, 0.1) is 5.50 Å². The van der Waals surface area contributed by atoms with Gasteiger partial charge < -0.3 is 10.7 Å². The Morgan fingerprint density at radius 1 is 1.69 bits per heavy atom.